The fourth-order valence-corrected chi connectivity index (χ4v) is 1.87. The van der Waals surface area contributed by atoms with Gasteiger partial charge in [0.2, 0.25) is 5.91 Å². The predicted molar refractivity (Wildman–Crippen MR) is 66.8 cm³/mol. The molecule has 0 unspecified atom stereocenters. The molecule has 1 fully saturated rings. The molecule has 1 heterocycles. The van der Waals surface area contributed by atoms with Crippen LogP contribution in [0.2, 0.25) is 0 Å². The third kappa shape index (κ3) is 4.24. The molecule has 17 heavy (non-hydrogen) atoms. The van der Waals surface area contributed by atoms with Crippen LogP contribution in [0.15, 0.2) is 0 Å². The lowest BCUT2D eigenvalue weighted by Crippen LogP contribution is -2.53. The van der Waals surface area contributed by atoms with Crippen molar-refractivity contribution >= 4 is 11.9 Å². The van der Waals surface area contributed by atoms with E-state index in [1.807, 2.05) is 18.7 Å². The van der Waals surface area contributed by atoms with Crippen molar-refractivity contribution < 1.29 is 9.59 Å². The Balaban J connectivity index is 2.30. The van der Waals surface area contributed by atoms with E-state index in [-0.39, 0.29) is 11.9 Å². The lowest BCUT2D eigenvalue weighted by atomic mass is 10.2. The molecule has 0 aromatic carbocycles. The number of carbonyl (C=O) groups excluding carboxylic acids is 2. The molecule has 5 nitrogen and oxygen atoms in total. The molecular formula is C12H23N3O2. The predicted octanol–water partition coefficient (Wildman–Crippen LogP) is 1.05. The van der Waals surface area contributed by atoms with Crippen molar-refractivity contribution in [3.8, 4) is 0 Å². The first-order chi connectivity index (χ1) is 8.19. The van der Waals surface area contributed by atoms with Gasteiger partial charge < -0.3 is 15.1 Å². The zero-order valence-electron chi connectivity index (χ0n) is 10.9. The molecule has 98 valence electrons. The standard InChI is InChI=1S/C12H23N3O2/c1-3-5-11(16)14-7-9-15(10-8-14)12(17)13-6-4-2/h3-10H2,1-2H3,(H,13,17). The van der Waals surface area contributed by atoms with E-state index in [4.69, 9.17) is 0 Å². The van der Waals surface area contributed by atoms with Crippen LogP contribution >= 0.6 is 0 Å². The molecule has 0 aromatic heterocycles. The normalized spacial score (nSPS) is 15.9. The summed E-state index contributed by atoms with van der Waals surface area (Å²) in [4.78, 5) is 27.0. The summed E-state index contributed by atoms with van der Waals surface area (Å²) >= 11 is 0. The first kappa shape index (κ1) is 13.8. The quantitative estimate of drug-likeness (QED) is 0.800. The number of nitrogens with one attached hydrogen (secondary N) is 1. The Labute approximate surface area is 103 Å². The van der Waals surface area contributed by atoms with Gasteiger partial charge in [-0.15, -0.1) is 0 Å². The molecular weight excluding hydrogens is 218 g/mol. The fraction of sp³-hybridized carbons (Fsp3) is 0.833. The summed E-state index contributed by atoms with van der Waals surface area (Å²) in [6.45, 7) is 7.37. The van der Waals surface area contributed by atoms with Crippen molar-refractivity contribution in [3.63, 3.8) is 0 Å². The zero-order valence-corrected chi connectivity index (χ0v) is 10.9. The SMILES string of the molecule is CCCNC(=O)N1CCN(C(=O)CCC)CC1. The molecule has 1 N–H and O–H groups in total. The number of nitrogens with zero attached hydrogens (tertiary/aromatic N) is 2. The molecule has 1 aliphatic rings. The Morgan fingerprint density at radius 1 is 1.00 bits per heavy atom. The van der Waals surface area contributed by atoms with Crippen LogP contribution in [0.3, 0.4) is 0 Å². The minimum absolute atomic E-state index is 0.00515. The van der Waals surface area contributed by atoms with Crippen LogP contribution in [-0.4, -0.2) is 54.5 Å². The second kappa shape index (κ2) is 7.14. The van der Waals surface area contributed by atoms with E-state index in [0.717, 1.165) is 12.8 Å². The van der Waals surface area contributed by atoms with E-state index in [1.54, 1.807) is 4.90 Å². The Kier molecular flexibility index (Phi) is 5.80. The third-order valence-corrected chi connectivity index (χ3v) is 2.91. The van der Waals surface area contributed by atoms with Gasteiger partial charge in [-0.1, -0.05) is 13.8 Å². The van der Waals surface area contributed by atoms with Gasteiger partial charge in [-0.25, -0.2) is 4.79 Å². The average Bonchev–Trinajstić information content (AvgIpc) is 2.36. The van der Waals surface area contributed by atoms with E-state index in [1.165, 1.54) is 0 Å². The first-order valence-electron chi connectivity index (χ1n) is 6.49. The molecule has 1 saturated heterocycles. The molecule has 1 rings (SSSR count). The molecule has 0 saturated carbocycles. The lowest BCUT2D eigenvalue weighted by molar-refractivity contribution is -0.132. The monoisotopic (exact) mass is 241 g/mol. The zero-order chi connectivity index (χ0) is 12.7. The maximum atomic E-state index is 11.7. The smallest absolute Gasteiger partial charge is 0.317 e. The van der Waals surface area contributed by atoms with E-state index in [9.17, 15) is 9.59 Å². The van der Waals surface area contributed by atoms with Gasteiger partial charge in [-0.05, 0) is 12.8 Å². The van der Waals surface area contributed by atoms with Gasteiger partial charge in [-0.2, -0.15) is 0 Å². The molecule has 1 aliphatic heterocycles. The molecule has 0 bridgehead atoms. The Morgan fingerprint density at radius 2 is 1.59 bits per heavy atom. The summed E-state index contributed by atoms with van der Waals surface area (Å²) in [5.41, 5.74) is 0. The number of rotatable bonds is 4. The molecule has 5 heteroatoms. The Hall–Kier alpha value is -1.26. The van der Waals surface area contributed by atoms with Gasteiger partial charge in [0.25, 0.3) is 0 Å². The van der Waals surface area contributed by atoms with Crippen molar-refractivity contribution in [2.24, 2.45) is 0 Å². The second-order valence-corrected chi connectivity index (χ2v) is 4.35. The first-order valence-corrected chi connectivity index (χ1v) is 6.49. The van der Waals surface area contributed by atoms with Crippen LogP contribution in [0.5, 0.6) is 0 Å². The summed E-state index contributed by atoms with van der Waals surface area (Å²) in [6.07, 6.45) is 2.44. The summed E-state index contributed by atoms with van der Waals surface area (Å²) < 4.78 is 0. The number of carbonyl (C=O) groups is 2. The molecule has 0 aliphatic carbocycles. The second-order valence-electron chi connectivity index (χ2n) is 4.35. The summed E-state index contributed by atoms with van der Waals surface area (Å²) in [5, 5.41) is 2.85. The van der Waals surface area contributed by atoms with Crippen LogP contribution in [0, 0.1) is 0 Å². The van der Waals surface area contributed by atoms with Crippen molar-refractivity contribution in [2.75, 3.05) is 32.7 Å². The van der Waals surface area contributed by atoms with E-state index >= 15 is 0 Å². The van der Waals surface area contributed by atoms with Crippen molar-refractivity contribution in [2.45, 2.75) is 33.1 Å². The highest BCUT2D eigenvalue weighted by Crippen LogP contribution is 2.05. The number of urea groups is 1. The van der Waals surface area contributed by atoms with Crippen LogP contribution in [-0.2, 0) is 4.79 Å². The van der Waals surface area contributed by atoms with Gasteiger partial charge in [0.1, 0.15) is 0 Å². The lowest BCUT2D eigenvalue weighted by Gasteiger charge is -2.34. The van der Waals surface area contributed by atoms with Crippen LogP contribution < -0.4 is 5.32 Å². The maximum Gasteiger partial charge on any atom is 0.317 e. The van der Waals surface area contributed by atoms with Gasteiger partial charge in [0.05, 0.1) is 0 Å². The van der Waals surface area contributed by atoms with Crippen molar-refractivity contribution in [1.82, 2.24) is 15.1 Å². The number of hydrogen-bond donors (Lipinski definition) is 1. The third-order valence-electron chi connectivity index (χ3n) is 2.91. The fourth-order valence-electron chi connectivity index (χ4n) is 1.87. The largest absolute Gasteiger partial charge is 0.339 e. The summed E-state index contributed by atoms with van der Waals surface area (Å²) in [6, 6.07) is -0.00515. The highest BCUT2D eigenvalue weighted by atomic mass is 16.2. The van der Waals surface area contributed by atoms with E-state index in [0.29, 0.717) is 39.1 Å². The molecule has 0 aromatic rings. The van der Waals surface area contributed by atoms with Crippen LogP contribution in [0.25, 0.3) is 0 Å². The highest BCUT2D eigenvalue weighted by Gasteiger charge is 2.22. The summed E-state index contributed by atoms with van der Waals surface area (Å²) in [5.74, 6) is 0.209. The van der Waals surface area contributed by atoms with Gasteiger partial charge in [0, 0.05) is 39.1 Å². The van der Waals surface area contributed by atoms with Crippen LogP contribution in [0.1, 0.15) is 33.1 Å². The number of amides is 3. The van der Waals surface area contributed by atoms with E-state index in [2.05, 4.69) is 5.32 Å². The number of hydrogen-bond acceptors (Lipinski definition) is 2. The molecule has 0 atom stereocenters. The molecule has 0 radical (unpaired) electrons. The average molecular weight is 241 g/mol. The van der Waals surface area contributed by atoms with Gasteiger partial charge in [-0.3, -0.25) is 4.79 Å². The molecule has 3 amide bonds. The highest BCUT2D eigenvalue weighted by molar-refractivity contribution is 5.77. The van der Waals surface area contributed by atoms with E-state index < -0.39 is 0 Å². The minimum Gasteiger partial charge on any atom is -0.339 e. The summed E-state index contributed by atoms with van der Waals surface area (Å²) in [7, 11) is 0. The van der Waals surface area contributed by atoms with Crippen molar-refractivity contribution in [1.29, 1.82) is 0 Å². The maximum absolute atomic E-state index is 11.7. The Bertz CT molecular complexity index is 260. The van der Waals surface area contributed by atoms with Gasteiger partial charge >= 0.3 is 6.03 Å². The number of piperazine rings is 1. The van der Waals surface area contributed by atoms with Crippen LogP contribution in [0.4, 0.5) is 4.79 Å². The topological polar surface area (TPSA) is 52.7 Å². The van der Waals surface area contributed by atoms with Gasteiger partial charge in [0.15, 0.2) is 0 Å². The van der Waals surface area contributed by atoms with Crippen molar-refractivity contribution in [3.05, 3.63) is 0 Å². The Morgan fingerprint density at radius 3 is 2.12 bits per heavy atom. The molecule has 0 spiro atoms. The minimum atomic E-state index is -0.00515.